The van der Waals surface area contributed by atoms with Crippen LogP contribution in [0, 0.1) is 12.7 Å². The highest BCUT2D eigenvalue weighted by molar-refractivity contribution is 7.14. The maximum absolute atomic E-state index is 13.4. The molecule has 4 aromatic rings. The van der Waals surface area contributed by atoms with Gasteiger partial charge in [0.25, 0.3) is 0 Å². The SMILES string of the molecule is Cc1cc(-c2noc(CCC(=O)Nc3nc(-c4ccc5c(c4)OCO5)cs3)n2)ccc1F. The number of halogens is 1. The zero-order valence-electron chi connectivity index (χ0n) is 16.9. The van der Waals surface area contributed by atoms with Gasteiger partial charge in [-0.2, -0.15) is 4.98 Å². The second-order valence-corrected chi connectivity index (χ2v) is 7.99. The minimum atomic E-state index is -0.294. The van der Waals surface area contributed by atoms with Crippen LogP contribution < -0.4 is 14.8 Å². The number of nitrogens with zero attached hydrogens (tertiary/aromatic N) is 3. The highest BCUT2D eigenvalue weighted by Gasteiger charge is 2.16. The molecule has 0 aliphatic carbocycles. The van der Waals surface area contributed by atoms with E-state index in [1.807, 2.05) is 23.6 Å². The summed E-state index contributed by atoms with van der Waals surface area (Å²) in [6, 6.07) is 10.2. The van der Waals surface area contributed by atoms with Crippen molar-refractivity contribution < 1.29 is 23.2 Å². The van der Waals surface area contributed by atoms with E-state index >= 15 is 0 Å². The van der Waals surface area contributed by atoms with Crippen molar-refractivity contribution in [3.8, 4) is 34.1 Å². The van der Waals surface area contributed by atoms with Crippen molar-refractivity contribution in [2.24, 2.45) is 0 Å². The smallest absolute Gasteiger partial charge is 0.231 e. The molecule has 0 unspecified atom stereocenters. The van der Waals surface area contributed by atoms with E-state index in [9.17, 15) is 9.18 Å². The molecule has 3 heterocycles. The predicted molar refractivity (Wildman–Crippen MR) is 115 cm³/mol. The van der Waals surface area contributed by atoms with E-state index in [4.69, 9.17) is 14.0 Å². The highest BCUT2D eigenvalue weighted by Crippen LogP contribution is 2.36. The molecular formula is C22H17FN4O4S. The fraction of sp³-hybridized carbons (Fsp3) is 0.182. The van der Waals surface area contributed by atoms with Gasteiger partial charge in [0.05, 0.1) is 5.69 Å². The van der Waals surface area contributed by atoms with Crippen LogP contribution in [0.15, 0.2) is 46.3 Å². The first kappa shape index (κ1) is 20.1. The first-order valence-electron chi connectivity index (χ1n) is 9.80. The maximum Gasteiger partial charge on any atom is 0.231 e. The van der Waals surface area contributed by atoms with Crippen molar-refractivity contribution >= 4 is 22.4 Å². The Hall–Kier alpha value is -3.79. The Morgan fingerprint density at radius 3 is 2.84 bits per heavy atom. The maximum atomic E-state index is 13.4. The monoisotopic (exact) mass is 452 g/mol. The van der Waals surface area contributed by atoms with Gasteiger partial charge < -0.3 is 19.3 Å². The Kier molecular flexibility index (Phi) is 5.28. The predicted octanol–water partition coefficient (Wildman–Crippen LogP) is 4.61. The van der Waals surface area contributed by atoms with Crippen molar-refractivity contribution in [3.05, 3.63) is 59.0 Å². The summed E-state index contributed by atoms with van der Waals surface area (Å²) in [5.74, 6) is 1.56. The van der Waals surface area contributed by atoms with Crippen LogP contribution in [-0.2, 0) is 11.2 Å². The molecule has 162 valence electrons. The molecule has 0 saturated heterocycles. The Morgan fingerprint density at radius 1 is 1.12 bits per heavy atom. The van der Waals surface area contributed by atoms with E-state index in [1.165, 1.54) is 17.4 Å². The van der Waals surface area contributed by atoms with Crippen LogP contribution in [0.4, 0.5) is 9.52 Å². The lowest BCUT2D eigenvalue weighted by atomic mass is 10.1. The van der Waals surface area contributed by atoms with Crippen LogP contribution in [0.1, 0.15) is 17.9 Å². The van der Waals surface area contributed by atoms with Crippen molar-refractivity contribution in [2.45, 2.75) is 19.8 Å². The number of ether oxygens (including phenoxy) is 2. The van der Waals surface area contributed by atoms with Crippen LogP contribution in [0.5, 0.6) is 11.5 Å². The Bertz CT molecular complexity index is 1300. The van der Waals surface area contributed by atoms with Crippen LogP contribution in [0.25, 0.3) is 22.6 Å². The molecule has 0 radical (unpaired) electrons. The molecule has 0 bridgehead atoms. The minimum absolute atomic E-state index is 0.156. The molecular weight excluding hydrogens is 435 g/mol. The van der Waals surface area contributed by atoms with Crippen molar-refractivity contribution in [2.75, 3.05) is 12.1 Å². The number of hydrogen-bond donors (Lipinski definition) is 1. The first-order chi connectivity index (χ1) is 15.5. The second kappa shape index (κ2) is 8.39. The molecule has 10 heteroatoms. The van der Waals surface area contributed by atoms with E-state index < -0.39 is 0 Å². The Balaban J connectivity index is 1.18. The molecule has 0 fully saturated rings. The third kappa shape index (κ3) is 4.17. The number of carbonyl (C=O) groups excluding carboxylic acids is 1. The molecule has 1 aliphatic heterocycles. The van der Waals surface area contributed by atoms with E-state index in [-0.39, 0.29) is 31.4 Å². The number of fused-ring (bicyclic) bond motifs is 1. The number of aryl methyl sites for hydroxylation is 2. The molecule has 1 N–H and O–H groups in total. The molecule has 1 amide bonds. The molecule has 2 aromatic heterocycles. The van der Waals surface area contributed by atoms with Gasteiger partial charge in [-0.05, 0) is 48.9 Å². The third-order valence-electron chi connectivity index (χ3n) is 4.87. The Morgan fingerprint density at radius 2 is 1.97 bits per heavy atom. The molecule has 0 saturated carbocycles. The standard InChI is InChI=1S/C22H17FN4O4S/c1-12-8-14(2-4-15(12)23)21-26-20(31-27-21)7-6-19(28)25-22-24-16(10-32-22)13-3-5-17-18(9-13)30-11-29-17/h2-5,8-10H,6-7,11H2,1H3,(H,24,25,28). The van der Waals surface area contributed by atoms with Gasteiger partial charge in [0, 0.05) is 29.3 Å². The average molecular weight is 452 g/mol. The summed E-state index contributed by atoms with van der Waals surface area (Å²) in [6.45, 7) is 1.88. The molecule has 0 spiro atoms. The fourth-order valence-electron chi connectivity index (χ4n) is 3.18. The van der Waals surface area contributed by atoms with Gasteiger partial charge in [-0.25, -0.2) is 9.37 Å². The highest BCUT2D eigenvalue weighted by atomic mass is 32.1. The number of aromatic nitrogens is 3. The minimum Gasteiger partial charge on any atom is -0.454 e. The molecule has 0 atom stereocenters. The van der Waals surface area contributed by atoms with Crippen LogP contribution in [-0.4, -0.2) is 27.8 Å². The van der Waals surface area contributed by atoms with Crippen molar-refractivity contribution in [1.82, 2.24) is 15.1 Å². The van der Waals surface area contributed by atoms with Crippen molar-refractivity contribution in [3.63, 3.8) is 0 Å². The molecule has 32 heavy (non-hydrogen) atoms. The number of thiazole rings is 1. The lowest BCUT2D eigenvalue weighted by Gasteiger charge is -2.01. The fourth-order valence-corrected chi connectivity index (χ4v) is 3.92. The van der Waals surface area contributed by atoms with Gasteiger partial charge in [0.15, 0.2) is 16.6 Å². The first-order valence-corrected chi connectivity index (χ1v) is 10.7. The lowest BCUT2D eigenvalue weighted by molar-refractivity contribution is -0.116. The largest absolute Gasteiger partial charge is 0.454 e. The summed E-state index contributed by atoms with van der Waals surface area (Å²) in [5.41, 5.74) is 2.76. The van der Waals surface area contributed by atoms with Crippen LogP contribution in [0.3, 0.4) is 0 Å². The lowest BCUT2D eigenvalue weighted by Crippen LogP contribution is -2.12. The number of carbonyl (C=O) groups is 1. The topological polar surface area (TPSA) is 99.4 Å². The molecule has 2 aromatic carbocycles. The summed E-state index contributed by atoms with van der Waals surface area (Å²) < 4.78 is 29.4. The van der Waals surface area contributed by atoms with E-state index in [1.54, 1.807) is 19.1 Å². The van der Waals surface area contributed by atoms with E-state index in [0.717, 1.165) is 11.3 Å². The normalized spacial score (nSPS) is 12.2. The van der Waals surface area contributed by atoms with Gasteiger partial charge in [0.1, 0.15) is 5.82 Å². The number of hydrogen-bond acceptors (Lipinski definition) is 8. The molecule has 8 nitrogen and oxygen atoms in total. The number of nitrogens with one attached hydrogen (secondary N) is 1. The van der Waals surface area contributed by atoms with Crippen molar-refractivity contribution in [1.29, 1.82) is 0 Å². The number of amides is 1. The van der Waals surface area contributed by atoms with Gasteiger partial charge in [-0.15, -0.1) is 11.3 Å². The average Bonchev–Trinajstić information content (AvgIpc) is 3.54. The zero-order valence-corrected chi connectivity index (χ0v) is 17.7. The summed E-state index contributed by atoms with van der Waals surface area (Å²) in [7, 11) is 0. The third-order valence-corrected chi connectivity index (χ3v) is 5.63. The van der Waals surface area contributed by atoms with E-state index in [2.05, 4.69) is 20.4 Å². The number of benzene rings is 2. The quantitative estimate of drug-likeness (QED) is 0.456. The van der Waals surface area contributed by atoms with Gasteiger partial charge >= 0.3 is 0 Å². The summed E-state index contributed by atoms with van der Waals surface area (Å²) in [5, 5.41) is 9.06. The summed E-state index contributed by atoms with van der Waals surface area (Å²) in [4.78, 5) is 21.1. The van der Waals surface area contributed by atoms with Crippen LogP contribution in [0.2, 0.25) is 0 Å². The second-order valence-electron chi connectivity index (χ2n) is 7.13. The van der Waals surface area contributed by atoms with E-state index in [0.29, 0.717) is 39.5 Å². The number of anilines is 1. The summed E-state index contributed by atoms with van der Waals surface area (Å²) >= 11 is 1.33. The summed E-state index contributed by atoms with van der Waals surface area (Å²) in [6.07, 6.45) is 0.433. The zero-order chi connectivity index (χ0) is 22.1. The van der Waals surface area contributed by atoms with Gasteiger partial charge in [0.2, 0.25) is 24.4 Å². The number of rotatable bonds is 6. The Labute approximate surface area is 186 Å². The van der Waals surface area contributed by atoms with Crippen LogP contribution >= 0.6 is 11.3 Å². The van der Waals surface area contributed by atoms with Gasteiger partial charge in [-0.1, -0.05) is 5.16 Å². The molecule has 5 rings (SSSR count). The van der Waals surface area contributed by atoms with Gasteiger partial charge in [-0.3, -0.25) is 4.79 Å². The molecule has 1 aliphatic rings.